The van der Waals surface area contributed by atoms with Crippen LogP contribution in [0.5, 0.6) is 0 Å². The van der Waals surface area contributed by atoms with Crippen molar-refractivity contribution in [1.82, 2.24) is 4.90 Å². The number of hydrogen-bond donors (Lipinski definition) is 3. The molecule has 2 rings (SSSR count). The monoisotopic (exact) mass is 410 g/mol. The van der Waals surface area contributed by atoms with E-state index in [0.29, 0.717) is 18.4 Å². The van der Waals surface area contributed by atoms with Gasteiger partial charge in [-0.3, -0.25) is 9.59 Å². The van der Waals surface area contributed by atoms with Crippen molar-refractivity contribution < 1.29 is 29.3 Å². The molecule has 0 aromatic rings. The molecule has 164 valence electrons. The summed E-state index contributed by atoms with van der Waals surface area (Å²) in [5, 5.41) is 20.5. The summed E-state index contributed by atoms with van der Waals surface area (Å²) in [6.45, 7) is 2.05. The molecule has 0 radical (unpaired) electrons. The minimum Gasteiger partial charge on any atom is -0.463 e. The van der Waals surface area contributed by atoms with Crippen LogP contribution in [0.3, 0.4) is 0 Å². The van der Waals surface area contributed by atoms with Crippen LogP contribution in [0.4, 0.5) is 0 Å². The molecule has 1 unspecified atom stereocenters. The number of hydrogen-bond acceptors (Lipinski definition) is 7. The minimum absolute atomic E-state index is 0.131. The van der Waals surface area contributed by atoms with Gasteiger partial charge in [-0.15, -0.1) is 0 Å². The van der Waals surface area contributed by atoms with E-state index in [1.165, 1.54) is 36.8 Å². The first-order valence-corrected chi connectivity index (χ1v) is 10.6. The number of carbonyl (C=O) groups excluding carboxylic acids is 2. The average Bonchev–Trinajstić information content (AvgIpc) is 3.00. The zero-order valence-electron chi connectivity index (χ0n) is 17.2. The molecule has 0 aromatic heterocycles. The molecule has 1 fully saturated rings. The fourth-order valence-electron chi connectivity index (χ4n) is 3.49. The van der Waals surface area contributed by atoms with E-state index in [1.54, 1.807) is 12.3 Å². The van der Waals surface area contributed by atoms with Crippen molar-refractivity contribution in [2.45, 2.75) is 89.3 Å². The summed E-state index contributed by atoms with van der Waals surface area (Å²) in [7, 11) is 0. The first-order valence-electron chi connectivity index (χ1n) is 10.6. The summed E-state index contributed by atoms with van der Waals surface area (Å²) >= 11 is 0. The number of aliphatic hydroxyl groups excluding tert-OH is 2. The number of nitrogens with zero attached hydrogens (tertiary/aromatic N) is 1. The Morgan fingerprint density at radius 1 is 1.17 bits per heavy atom. The second-order valence-electron chi connectivity index (χ2n) is 7.66. The van der Waals surface area contributed by atoms with Gasteiger partial charge in [0.25, 0.3) is 0 Å². The number of unbranched alkanes of at least 4 members (excludes halogenated alkanes) is 6. The molecule has 8 nitrogen and oxygen atoms in total. The Morgan fingerprint density at radius 2 is 1.86 bits per heavy atom. The molecule has 0 saturated carbocycles. The number of carbonyl (C=O) groups is 2. The average molecular weight is 411 g/mol. The largest absolute Gasteiger partial charge is 0.463 e. The third-order valence-electron chi connectivity index (χ3n) is 5.26. The summed E-state index contributed by atoms with van der Waals surface area (Å²) < 4.78 is 10.9. The minimum atomic E-state index is -1.21. The Morgan fingerprint density at radius 3 is 2.55 bits per heavy atom. The number of primary amides is 1. The molecular weight excluding hydrogens is 376 g/mol. The van der Waals surface area contributed by atoms with Crippen LogP contribution in [0.15, 0.2) is 24.0 Å². The second-order valence-corrected chi connectivity index (χ2v) is 7.66. The van der Waals surface area contributed by atoms with Crippen molar-refractivity contribution in [3.8, 4) is 0 Å². The van der Waals surface area contributed by atoms with Gasteiger partial charge in [0.15, 0.2) is 6.23 Å². The number of ether oxygens (including phenoxy) is 2. The Balaban J connectivity index is 1.72. The maximum atomic E-state index is 11.9. The van der Waals surface area contributed by atoms with Gasteiger partial charge in [-0.05, 0) is 12.8 Å². The topological polar surface area (TPSA) is 122 Å². The van der Waals surface area contributed by atoms with E-state index in [0.717, 1.165) is 19.3 Å². The van der Waals surface area contributed by atoms with E-state index < -0.39 is 30.4 Å². The Hall–Kier alpha value is -1.90. The van der Waals surface area contributed by atoms with Crippen molar-refractivity contribution in [3.05, 3.63) is 24.0 Å². The molecule has 1 amide bonds. The fraction of sp³-hybridized carbons (Fsp3) is 0.714. The van der Waals surface area contributed by atoms with Gasteiger partial charge in [0.2, 0.25) is 5.91 Å². The van der Waals surface area contributed by atoms with Crippen LogP contribution in [0.25, 0.3) is 0 Å². The highest BCUT2D eigenvalue weighted by Gasteiger charge is 2.45. The quantitative estimate of drug-likeness (QED) is 0.331. The molecule has 4 atom stereocenters. The standard InChI is InChI=1S/C21H34N2O6/c1-2-3-4-5-6-7-8-11-17(24)28-14-16-18(25)19(26)21(29-16)23-12-9-10-15(13-23)20(22)27/h9,12-13,16,18-19,21,25-26H,2-8,10-11,14H2,1H3,(H2,22,27)/t16-,18-,19-,21?/m1/s1. The van der Waals surface area contributed by atoms with Gasteiger partial charge in [0.05, 0.1) is 0 Å². The highest BCUT2D eigenvalue weighted by molar-refractivity contribution is 5.92. The van der Waals surface area contributed by atoms with Crippen molar-refractivity contribution >= 4 is 11.9 Å². The Labute approximate surface area is 172 Å². The number of esters is 1. The third-order valence-corrected chi connectivity index (χ3v) is 5.26. The van der Waals surface area contributed by atoms with Crippen LogP contribution >= 0.6 is 0 Å². The first kappa shape index (κ1) is 23.4. The van der Waals surface area contributed by atoms with Crippen LogP contribution in [0.2, 0.25) is 0 Å². The van der Waals surface area contributed by atoms with Crippen LogP contribution < -0.4 is 5.73 Å². The molecule has 2 aliphatic rings. The summed E-state index contributed by atoms with van der Waals surface area (Å²) in [5.41, 5.74) is 5.68. The molecule has 2 aliphatic heterocycles. The van der Waals surface area contributed by atoms with Crippen molar-refractivity contribution in [3.63, 3.8) is 0 Å². The lowest BCUT2D eigenvalue weighted by atomic mass is 10.1. The number of rotatable bonds is 12. The molecule has 0 spiro atoms. The van der Waals surface area contributed by atoms with Gasteiger partial charge in [0.1, 0.15) is 24.9 Å². The molecular formula is C21H34N2O6. The van der Waals surface area contributed by atoms with Crippen molar-refractivity contribution in [2.24, 2.45) is 5.73 Å². The van der Waals surface area contributed by atoms with Gasteiger partial charge < -0.3 is 30.3 Å². The molecule has 1 saturated heterocycles. The molecule has 0 aromatic carbocycles. The van der Waals surface area contributed by atoms with Gasteiger partial charge >= 0.3 is 5.97 Å². The van der Waals surface area contributed by atoms with Crippen LogP contribution in [-0.2, 0) is 19.1 Å². The van der Waals surface area contributed by atoms with E-state index >= 15 is 0 Å². The maximum absolute atomic E-state index is 11.9. The van der Waals surface area contributed by atoms with Gasteiger partial charge in [0, 0.05) is 24.4 Å². The maximum Gasteiger partial charge on any atom is 0.305 e. The first-order chi connectivity index (χ1) is 13.9. The van der Waals surface area contributed by atoms with Crippen molar-refractivity contribution in [1.29, 1.82) is 0 Å². The second kappa shape index (κ2) is 11.9. The highest BCUT2D eigenvalue weighted by Crippen LogP contribution is 2.27. The zero-order chi connectivity index (χ0) is 21.2. The van der Waals surface area contributed by atoms with E-state index in [-0.39, 0.29) is 12.6 Å². The predicted octanol–water partition coefficient (Wildman–Crippen LogP) is 1.71. The van der Waals surface area contributed by atoms with E-state index in [9.17, 15) is 19.8 Å². The van der Waals surface area contributed by atoms with Crippen molar-refractivity contribution in [2.75, 3.05) is 6.61 Å². The van der Waals surface area contributed by atoms with Gasteiger partial charge in [-0.2, -0.15) is 0 Å². The smallest absolute Gasteiger partial charge is 0.305 e. The lowest BCUT2D eigenvalue weighted by Crippen LogP contribution is -2.40. The number of allylic oxidation sites excluding steroid dienone is 1. The van der Waals surface area contributed by atoms with Gasteiger partial charge in [-0.1, -0.05) is 51.5 Å². The van der Waals surface area contributed by atoms with E-state index in [2.05, 4.69) is 6.92 Å². The van der Waals surface area contributed by atoms with Crippen LogP contribution in [0, 0.1) is 0 Å². The SMILES string of the molecule is CCCCCCCCCC(=O)OC[C@H]1OC(N2C=CCC(C(N)=O)=C2)[C@H](O)[C@@H]1O. The number of amides is 1. The molecule has 2 heterocycles. The third kappa shape index (κ3) is 7.13. The molecule has 0 aliphatic carbocycles. The predicted molar refractivity (Wildman–Crippen MR) is 107 cm³/mol. The number of aliphatic hydroxyl groups is 2. The molecule has 29 heavy (non-hydrogen) atoms. The zero-order valence-corrected chi connectivity index (χ0v) is 17.2. The lowest BCUT2D eigenvalue weighted by Gasteiger charge is -2.28. The fourth-order valence-corrected chi connectivity index (χ4v) is 3.49. The summed E-state index contributed by atoms with van der Waals surface area (Å²) in [5.74, 6) is -0.885. The molecule has 0 bridgehead atoms. The molecule has 4 N–H and O–H groups in total. The van der Waals surface area contributed by atoms with E-state index in [4.69, 9.17) is 15.2 Å². The summed E-state index contributed by atoms with van der Waals surface area (Å²) in [6, 6.07) is 0. The molecule has 8 heteroatoms. The van der Waals surface area contributed by atoms with Crippen LogP contribution in [-0.4, -0.2) is 58.1 Å². The highest BCUT2D eigenvalue weighted by atomic mass is 16.6. The van der Waals surface area contributed by atoms with E-state index in [1.807, 2.05) is 0 Å². The summed E-state index contributed by atoms with van der Waals surface area (Å²) in [6.07, 6.45) is 9.27. The normalized spacial score (nSPS) is 26.4. The van der Waals surface area contributed by atoms with Crippen LogP contribution in [0.1, 0.15) is 64.7 Å². The summed E-state index contributed by atoms with van der Waals surface area (Å²) in [4.78, 5) is 24.8. The lowest BCUT2D eigenvalue weighted by molar-refractivity contribution is -0.150. The Kier molecular flexibility index (Phi) is 9.63. The number of nitrogens with two attached hydrogens (primary N) is 1. The Bertz CT molecular complexity index is 606. The van der Waals surface area contributed by atoms with Gasteiger partial charge in [-0.25, -0.2) is 0 Å².